The molecule has 6 nitrogen and oxygen atoms in total. The van der Waals surface area contributed by atoms with Gasteiger partial charge in [-0.05, 0) is 13.0 Å². The first kappa shape index (κ1) is 13.8. The summed E-state index contributed by atoms with van der Waals surface area (Å²) < 4.78 is 52.6. The van der Waals surface area contributed by atoms with E-state index in [1.54, 1.807) is 5.09 Å². The summed E-state index contributed by atoms with van der Waals surface area (Å²) in [4.78, 5) is 11.3. The molecule has 10 heteroatoms. The number of rotatable bonds is 2. The Kier molecular flexibility index (Phi) is 3.37. The third kappa shape index (κ3) is 3.58. The molecule has 1 amide bonds. The highest BCUT2D eigenvalue weighted by atomic mass is 31.2. The van der Waals surface area contributed by atoms with Gasteiger partial charge in [0.05, 0.1) is 5.56 Å². The number of carbonyl (C=O) groups excluding carboxylic acids is 1. The topological polar surface area (TPSA) is 111 Å². The van der Waals surface area contributed by atoms with E-state index in [1.165, 1.54) is 6.92 Å². The average Bonchev–Trinajstić information content (AvgIpc) is 2.43. The summed E-state index contributed by atoms with van der Waals surface area (Å²) >= 11 is 0. The van der Waals surface area contributed by atoms with E-state index in [0.29, 0.717) is 0 Å². The van der Waals surface area contributed by atoms with Crippen molar-refractivity contribution in [3.63, 3.8) is 0 Å². The largest absolute Gasteiger partial charge is 0.456 e. The van der Waals surface area contributed by atoms with Crippen LogP contribution in [0.1, 0.15) is 21.9 Å². The number of halogens is 3. The van der Waals surface area contributed by atoms with Crippen LogP contribution >= 0.6 is 7.59 Å². The van der Waals surface area contributed by atoms with Crippen molar-refractivity contribution in [2.24, 2.45) is 11.0 Å². The Labute approximate surface area is 93.7 Å². The van der Waals surface area contributed by atoms with Crippen LogP contribution in [0.25, 0.3) is 0 Å². The highest BCUT2D eigenvalue weighted by molar-refractivity contribution is 7.57. The first-order valence-electron chi connectivity index (χ1n) is 4.18. The van der Waals surface area contributed by atoms with Gasteiger partial charge >= 0.3 is 13.8 Å². The molecular formula is C7H9F3N3O3P. The second-order valence-corrected chi connectivity index (χ2v) is 4.89. The Morgan fingerprint density at radius 3 is 2.41 bits per heavy atom. The van der Waals surface area contributed by atoms with E-state index in [0.717, 1.165) is 6.07 Å². The molecule has 17 heavy (non-hydrogen) atoms. The number of furan rings is 1. The standard InChI is InChI=1S/C7H9F3N3O3P/c1-3-2-4(5(16-3)7(8,9)10)6(14)13-17(11,12)15/h2H,1H3,(H5,11,12,13,14,15). The molecule has 1 aromatic heterocycles. The van der Waals surface area contributed by atoms with E-state index in [2.05, 4.69) is 4.42 Å². The predicted octanol–water partition coefficient (Wildman–Crippen LogP) is 1.36. The number of hydrogen-bond donors (Lipinski definition) is 3. The molecule has 0 atom stereocenters. The molecule has 0 aliphatic carbocycles. The van der Waals surface area contributed by atoms with E-state index in [4.69, 9.17) is 11.0 Å². The molecular weight excluding hydrogens is 262 g/mol. The maximum atomic E-state index is 12.4. The van der Waals surface area contributed by atoms with E-state index < -0.39 is 31.0 Å². The fraction of sp³-hybridized carbons (Fsp3) is 0.286. The van der Waals surface area contributed by atoms with Crippen LogP contribution in [0.4, 0.5) is 13.2 Å². The number of aryl methyl sites for hydroxylation is 1. The SMILES string of the molecule is Cc1cc(C(=O)NP(N)(N)=O)c(C(F)(F)F)o1. The minimum atomic E-state index is -4.84. The van der Waals surface area contributed by atoms with Crippen LogP contribution in [-0.2, 0) is 10.7 Å². The van der Waals surface area contributed by atoms with Crippen molar-refractivity contribution in [3.05, 3.63) is 23.2 Å². The third-order valence-electron chi connectivity index (χ3n) is 1.63. The fourth-order valence-corrected chi connectivity index (χ4v) is 1.55. The first-order valence-corrected chi connectivity index (χ1v) is 6.02. The van der Waals surface area contributed by atoms with E-state index in [-0.39, 0.29) is 5.76 Å². The van der Waals surface area contributed by atoms with E-state index in [9.17, 15) is 22.5 Å². The summed E-state index contributed by atoms with van der Waals surface area (Å²) in [6.45, 7) is 1.23. The Bertz CT molecular complexity index is 490. The van der Waals surface area contributed by atoms with Crippen molar-refractivity contribution >= 4 is 13.5 Å². The Morgan fingerprint density at radius 1 is 1.47 bits per heavy atom. The Balaban J connectivity index is 3.15. The number of alkyl halides is 3. The van der Waals surface area contributed by atoms with Crippen LogP contribution in [0.3, 0.4) is 0 Å². The van der Waals surface area contributed by atoms with Gasteiger partial charge in [-0.15, -0.1) is 0 Å². The van der Waals surface area contributed by atoms with Crippen LogP contribution in [0.15, 0.2) is 10.5 Å². The van der Waals surface area contributed by atoms with Gasteiger partial charge in [0.15, 0.2) is 0 Å². The number of hydrogen-bond acceptors (Lipinski definition) is 3. The lowest BCUT2D eigenvalue weighted by Gasteiger charge is -2.09. The average molecular weight is 271 g/mol. The minimum absolute atomic E-state index is 0.119. The van der Waals surface area contributed by atoms with E-state index in [1.807, 2.05) is 0 Å². The molecule has 0 aliphatic heterocycles. The summed E-state index contributed by atoms with van der Waals surface area (Å²) in [5.41, 5.74) is 8.84. The van der Waals surface area contributed by atoms with Gasteiger partial charge in [-0.25, -0.2) is 0 Å². The molecule has 0 unspecified atom stereocenters. The van der Waals surface area contributed by atoms with Gasteiger partial charge in [-0.2, -0.15) is 13.2 Å². The molecule has 1 aromatic rings. The molecule has 0 aromatic carbocycles. The number of amides is 1. The summed E-state index contributed by atoms with van der Waals surface area (Å²) in [7, 11) is -3.96. The van der Waals surface area contributed by atoms with Gasteiger partial charge in [0.25, 0.3) is 5.91 Å². The van der Waals surface area contributed by atoms with Gasteiger partial charge in [-0.1, -0.05) is 0 Å². The molecule has 0 aliphatic rings. The monoisotopic (exact) mass is 271 g/mol. The summed E-state index contributed by atoms with van der Waals surface area (Å²) in [6, 6.07) is 0.855. The summed E-state index contributed by atoms with van der Waals surface area (Å²) in [5.74, 6) is -2.91. The molecule has 1 rings (SSSR count). The van der Waals surface area contributed by atoms with Crippen molar-refractivity contribution in [1.29, 1.82) is 0 Å². The molecule has 0 radical (unpaired) electrons. The van der Waals surface area contributed by atoms with Gasteiger partial charge < -0.3 is 4.42 Å². The van der Waals surface area contributed by atoms with Gasteiger partial charge in [0.2, 0.25) is 5.76 Å². The zero-order valence-electron chi connectivity index (χ0n) is 8.54. The molecule has 0 spiro atoms. The second kappa shape index (κ2) is 4.17. The van der Waals surface area contributed by atoms with E-state index >= 15 is 0 Å². The number of nitrogens with one attached hydrogen (secondary N) is 1. The Hall–Kier alpha value is -1.31. The van der Waals surface area contributed by atoms with Crippen molar-refractivity contribution in [1.82, 2.24) is 5.09 Å². The first-order chi connectivity index (χ1) is 7.50. The summed E-state index contributed by atoms with van der Waals surface area (Å²) in [5, 5.41) is 1.57. The lowest BCUT2D eigenvalue weighted by molar-refractivity contribution is -0.153. The lowest BCUT2D eigenvalue weighted by Crippen LogP contribution is -2.29. The Morgan fingerprint density at radius 2 is 2.00 bits per heavy atom. The van der Waals surface area contributed by atoms with Gasteiger partial charge in [-0.3, -0.25) is 25.5 Å². The van der Waals surface area contributed by atoms with Crippen molar-refractivity contribution in [2.75, 3.05) is 0 Å². The summed E-state index contributed by atoms with van der Waals surface area (Å²) in [6.07, 6.45) is -4.84. The molecule has 5 N–H and O–H groups in total. The highest BCUT2D eigenvalue weighted by Crippen LogP contribution is 2.34. The molecule has 0 bridgehead atoms. The molecule has 0 fully saturated rings. The maximum absolute atomic E-state index is 12.4. The normalized spacial score (nSPS) is 12.6. The molecule has 96 valence electrons. The smallest absolute Gasteiger partial charge is 0.450 e. The molecule has 0 saturated carbocycles. The van der Waals surface area contributed by atoms with Crippen molar-refractivity contribution in [3.8, 4) is 0 Å². The predicted molar refractivity (Wildman–Crippen MR) is 51.9 cm³/mol. The van der Waals surface area contributed by atoms with Gasteiger partial charge in [0, 0.05) is 0 Å². The van der Waals surface area contributed by atoms with Crippen LogP contribution in [0, 0.1) is 6.92 Å². The van der Waals surface area contributed by atoms with Crippen LogP contribution < -0.4 is 16.1 Å². The van der Waals surface area contributed by atoms with Crippen LogP contribution in [-0.4, -0.2) is 5.91 Å². The quantitative estimate of drug-likeness (QED) is 0.703. The maximum Gasteiger partial charge on any atom is 0.450 e. The zero-order chi connectivity index (χ0) is 13.4. The van der Waals surface area contributed by atoms with Crippen molar-refractivity contribution in [2.45, 2.75) is 13.1 Å². The molecule has 0 saturated heterocycles. The lowest BCUT2D eigenvalue weighted by atomic mass is 10.2. The number of carbonyl (C=O) groups is 1. The van der Waals surface area contributed by atoms with Crippen molar-refractivity contribution < 1.29 is 26.9 Å². The van der Waals surface area contributed by atoms with Gasteiger partial charge in [0.1, 0.15) is 5.76 Å². The van der Waals surface area contributed by atoms with Crippen LogP contribution in [0.5, 0.6) is 0 Å². The minimum Gasteiger partial charge on any atom is -0.456 e. The zero-order valence-corrected chi connectivity index (χ0v) is 9.43. The highest BCUT2D eigenvalue weighted by Gasteiger charge is 2.40. The van der Waals surface area contributed by atoms with Crippen LogP contribution in [0.2, 0.25) is 0 Å². The number of nitrogens with two attached hydrogens (primary N) is 2. The fourth-order valence-electron chi connectivity index (χ4n) is 1.11. The third-order valence-corrected chi connectivity index (χ3v) is 2.19. The molecule has 1 heterocycles. The second-order valence-electron chi connectivity index (χ2n) is 3.25.